The lowest BCUT2D eigenvalue weighted by atomic mass is 10.2. The number of nitrogens with one attached hydrogen (secondary N) is 1. The Hall–Kier alpha value is -3.80. The van der Waals surface area contributed by atoms with Crippen LogP contribution in [0.5, 0.6) is 0 Å². The Kier molecular flexibility index (Phi) is 4.22. The molecule has 0 bridgehead atoms. The average molecular weight is 342 g/mol. The molecule has 0 aliphatic heterocycles. The van der Waals surface area contributed by atoms with Gasteiger partial charge in [-0.05, 0) is 36.4 Å². The molecule has 26 heavy (non-hydrogen) atoms. The topological polar surface area (TPSA) is 80.9 Å². The summed E-state index contributed by atoms with van der Waals surface area (Å²) >= 11 is 0. The number of carbonyl (C=O) groups excluding carboxylic acids is 1. The fraction of sp³-hybridized carbons (Fsp3) is 0. The molecule has 0 atom stereocenters. The van der Waals surface area contributed by atoms with Gasteiger partial charge >= 0.3 is 0 Å². The van der Waals surface area contributed by atoms with Crippen LogP contribution in [0.25, 0.3) is 22.8 Å². The number of aromatic nitrogens is 3. The molecule has 0 spiro atoms. The lowest BCUT2D eigenvalue weighted by Crippen LogP contribution is -2.11. The maximum Gasteiger partial charge on any atom is 0.258 e. The first kappa shape index (κ1) is 15.7. The van der Waals surface area contributed by atoms with Gasteiger partial charge in [-0.1, -0.05) is 35.5 Å². The number of hydrogen-bond acceptors (Lipinski definition) is 5. The molecule has 2 aromatic heterocycles. The third-order valence-corrected chi connectivity index (χ3v) is 3.79. The highest BCUT2D eigenvalue weighted by atomic mass is 16.5. The third-order valence-electron chi connectivity index (χ3n) is 3.79. The van der Waals surface area contributed by atoms with Gasteiger partial charge in [0.1, 0.15) is 0 Å². The summed E-state index contributed by atoms with van der Waals surface area (Å²) in [5.74, 6) is 0.774. The Labute approximate surface area is 149 Å². The van der Waals surface area contributed by atoms with Gasteiger partial charge < -0.3 is 9.84 Å². The Balaban J connectivity index is 1.50. The molecule has 1 N–H and O–H groups in total. The monoisotopic (exact) mass is 342 g/mol. The Morgan fingerprint density at radius 2 is 1.58 bits per heavy atom. The maximum atomic E-state index is 12.1. The molecule has 0 saturated heterocycles. The number of pyridine rings is 1. The second-order valence-corrected chi connectivity index (χ2v) is 5.56. The highest BCUT2D eigenvalue weighted by molar-refractivity contribution is 6.04. The van der Waals surface area contributed by atoms with Crippen LogP contribution in [-0.2, 0) is 0 Å². The maximum absolute atomic E-state index is 12.1. The zero-order chi connectivity index (χ0) is 17.8. The van der Waals surface area contributed by atoms with Gasteiger partial charge in [0.05, 0.1) is 0 Å². The highest BCUT2D eigenvalue weighted by Crippen LogP contribution is 2.23. The SMILES string of the molecule is O=C(Nc1ccc(-c2nc(-c3ccccc3)no2)cc1)c1ccncc1. The molecule has 4 rings (SSSR count). The number of anilines is 1. The van der Waals surface area contributed by atoms with Crippen LogP contribution < -0.4 is 5.32 Å². The van der Waals surface area contributed by atoms with Crippen LogP contribution in [0.1, 0.15) is 10.4 Å². The lowest BCUT2D eigenvalue weighted by molar-refractivity contribution is 0.102. The van der Waals surface area contributed by atoms with Crippen molar-refractivity contribution in [2.75, 3.05) is 5.32 Å². The molecule has 0 aliphatic carbocycles. The number of benzene rings is 2. The molecule has 4 aromatic rings. The fourth-order valence-electron chi connectivity index (χ4n) is 2.45. The number of nitrogens with zero attached hydrogens (tertiary/aromatic N) is 3. The third kappa shape index (κ3) is 3.34. The molecule has 1 amide bonds. The molecule has 6 heteroatoms. The molecule has 0 aliphatic rings. The molecule has 0 fully saturated rings. The van der Waals surface area contributed by atoms with Gasteiger partial charge in [0, 0.05) is 34.8 Å². The van der Waals surface area contributed by atoms with Gasteiger partial charge in [0.15, 0.2) is 0 Å². The Bertz CT molecular complexity index is 1010. The van der Waals surface area contributed by atoms with Crippen LogP contribution in [0.4, 0.5) is 5.69 Å². The van der Waals surface area contributed by atoms with Gasteiger partial charge in [0.25, 0.3) is 11.8 Å². The average Bonchev–Trinajstić information content (AvgIpc) is 3.20. The summed E-state index contributed by atoms with van der Waals surface area (Å²) in [6, 6.07) is 20.2. The van der Waals surface area contributed by atoms with Gasteiger partial charge in [-0.2, -0.15) is 4.98 Å². The van der Waals surface area contributed by atoms with E-state index >= 15 is 0 Å². The standard InChI is InChI=1S/C20H14N4O2/c25-19(15-10-12-21-13-11-15)22-17-8-6-16(7-9-17)20-23-18(24-26-20)14-4-2-1-3-5-14/h1-13H,(H,22,25). The van der Waals surface area contributed by atoms with Crippen molar-refractivity contribution in [1.82, 2.24) is 15.1 Å². The van der Waals surface area contributed by atoms with Crippen LogP contribution >= 0.6 is 0 Å². The molecule has 0 radical (unpaired) electrons. The van der Waals surface area contributed by atoms with Crippen molar-refractivity contribution in [1.29, 1.82) is 0 Å². The zero-order valence-corrected chi connectivity index (χ0v) is 13.7. The molecule has 2 heterocycles. The van der Waals surface area contributed by atoms with Gasteiger partial charge in [-0.25, -0.2) is 0 Å². The molecule has 6 nitrogen and oxygen atoms in total. The van der Waals surface area contributed by atoms with Crippen LogP contribution in [0, 0.1) is 0 Å². The largest absolute Gasteiger partial charge is 0.334 e. The van der Waals surface area contributed by atoms with Crippen molar-refractivity contribution in [3.8, 4) is 22.8 Å². The first-order chi connectivity index (χ1) is 12.8. The molecular weight excluding hydrogens is 328 g/mol. The summed E-state index contributed by atoms with van der Waals surface area (Å²) < 4.78 is 5.34. The number of hydrogen-bond donors (Lipinski definition) is 1. The summed E-state index contributed by atoms with van der Waals surface area (Å²) in [7, 11) is 0. The van der Waals surface area contributed by atoms with E-state index in [1.807, 2.05) is 42.5 Å². The Morgan fingerprint density at radius 3 is 2.31 bits per heavy atom. The second-order valence-electron chi connectivity index (χ2n) is 5.56. The number of carbonyl (C=O) groups is 1. The van der Waals surface area contributed by atoms with Crippen molar-refractivity contribution in [2.45, 2.75) is 0 Å². The van der Waals surface area contributed by atoms with E-state index in [-0.39, 0.29) is 5.91 Å². The second kappa shape index (κ2) is 6.98. The van der Waals surface area contributed by atoms with Crippen LogP contribution in [0.3, 0.4) is 0 Å². The van der Waals surface area contributed by atoms with Crippen LogP contribution in [-0.4, -0.2) is 21.0 Å². The normalized spacial score (nSPS) is 10.5. The quantitative estimate of drug-likeness (QED) is 0.605. The van der Waals surface area contributed by atoms with Gasteiger partial charge in [-0.3, -0.25) is 9.78 Å². The molecular formula is C20H14N4O2. The van der Waals surface area contributed by atoms with E-state index in [0.29, 0.717) is 23.0 Å². The van der Waals surface area contributed by atoms with E-state index < -0.39 is 0 Å². The molecule has 126 valence electrons. The summed E-state index contributed by atoms with van der Waals surface area (Å²) in [6.45, 7) is 0. The van der Waals surface area contributed by atoms with Crippen LogP contribution in [0.15, 0.2) is 83.6 Å². The van der Waals surface area contributed by atoms with Crippen molar-refractivity contribution in [3.05, 3.63) is 84.7 Å². The molecule has 0 saturated carbocycles. The molecule has 2 aromatic carbocycles. The van der Waals surface area contributed by atoms with E-state index in [2.05, 4.69) is 20.4 Å². The Morgan fingerprint density at radius 1 is 0.846 bits per heavy atom. The minimum Gasteiger partial charge on any atom is -0.334 e. The fourth-order valence-corrected chi connectivity index (χ4v) is 2.45. The summed E-state index contributed by atoms with van der Waals surface area (Å²) in [4.78, 5) is 20.5. The van der Waals surface area contributed by atoms with E-state index in [0.717, 1.165) is 11.1 Å². The van der Waals surface area contributed by atoms with Crippen molar-refractivity contribution < 1.29 is 9.32 Å². The van der Waals surface area contributed by atoms with E-state index in [9.17, 15) is 4.79 Å². The van der Waals surface area contributed by atoms with Crippen molar-refractivity contribution >= 4 is 11.6 Å². The van der Waals surface area contributed by atoms with E-state index in [4.69, 9.17) is 4.52 Å². The first-order valence-electron chi connectivity index (χ1n) is 8.00. The minimum atomic E-state index is -0.190. The van der Waals surface area contributed by atoms with Gasteiger partial charge in [-0.15, -0.1) is 0 Å². The smallest absolute Gasteiger partial charge is 0.258 e. The van der Waals surface area contributed by atoms with Crippen molar-refractivity contribution in [2.24, 2.45) is 0 Å². The zero-order valence-electron chi connectivity index (χ0n) is 13.7. The molecule has 0 unspecified atom stereocenters. The number of amides is 1. The first-order valence-corrected chi connectivity index (χ1v) is 8.00. The summed E-state index contributed by atoms with van der Waals surface area (Å²) in [5.41, 5.74) is 2.90. The van der Waals surface area contributed by atoms with Gasteiger partial charge in [0.2, 0.25) is 5.82 Å². The predicted molar refractivity (Wildman–Crippen MR) is 97.4 cm³/mol. The number of rotatable bonds is 4. The van der Waals surface area contributed by atoms with E-state index in [1.165, 1.54) is 0 Å². The summed E-state index contributed by atoms with van der Waals surface area (Å²) in [6.07, 6.45) is 3.16. The van der Waals surface area contributed by atoms with Crippen molar-refractivity contribution in [3.63, 3.8) is 0 Å². The highest BCUT2D eigenvalue weighted by Gasteiger charge is 2.11. The van der Waals surface area contributed by atoms with Crippen LogP contribution in [0.2, 0.25) is 0 Å². The predicted octanol–water partition coefficient (Wildman–Crippen LogP) is 4.05. The summed E-state index contributed by atoms with van der Waals surface area (Å²) in [5, 5.41) is 6.85. The lowest BCUT2D eigenvalue weighted by Gasteiger charge is -2.05. The van der Waals surface area contributed by atoms with E-state index in [1.54, 1.807) is 36.7 Å². The minimum absolute atomic E-state index is 0.190.